The van der Waals surface area contributed by atoms with Crippen LogP contribution in [0.4, 0.5) is 0 Å². The van der Waals surface area contributed by atoms with Crippen LogP contribution in [0.1, 0.15) is 72.6 Å². The molecule has 20 atom stereocenters. The van der Waals surface area contributed by atoms with Crippen LogP contribution in [-0.2, 0) is 61.9 Å². The van der Waals surface area contributed by atoms with Crippen LogP contribution in [0.25, 0.3) is 0 Å². The molecule has 4 aliphatic heterocycles. The lowest BCUT2D eigenvalue weighted by atomic mass is 9.96. The Morgan fingerprint density at radius 2 is 0.840 bits per heavy atom. The van der Waals surface area contributed by atoms with E-state index in [4.69, 9.17) is 37.9 Å². The van der Waals surface area contributed by atoms with Gasteiger partial charge in [0.15, 0.2) is 25.2 Å². The maximum atomic E-state index is 13.3. The van der Waals surface area contributed by atoms with Crippen molar-refractivity contribution in [2.45, 2.75) is 195 Å². The van der Waals surface area contributed by atoms with E-state index in [0.717, 1.165) is 0 Å². The number of rotatable bonds is 34. The average molecular weight is 1180 g/mol. The first kappa shape index (κ1) is 71.7. The van der Waals surface area contributed by atoms with Crippen molar-refractivity contribution in [3.8, 4) is 0 Å². The number of aliphatic hydroxyl groups is 13. The summed E-state index contributed by atoms with van der Waals surface area (Å²) >= 11 is 0. The van der Waals surface area contributed by atoms with Crippen molar-refractivity contribution in [2.75, 3.05) is 85.4 Å². The molecular formula is C49H90N6O26. The Morgan fingerprint density at radius 3 is 1.33 bits per heavy atom. The molecule has 0 saturated carbocycles. The van der Waals surface area contributed by atoms with Gasteiger partial charge in [-0.25, -0.2) is 0 Å². The Hall–Kier alpha value is -3.53. The largest absolute Gasteiger partial charge is 0.394 e. The van der Waals surface area contributed by atoms with Gasteiger partial charge in [-0.15, -0.1) is 0 Å². The highest BCUT2D eigenvalue weighted by Crippen LogP contribution is 2.31. The summed E-state index contributed by atoms with van der Waals surface area (Å²) in [4.78, 5) is 64.8. The van der Waals surface area contributed by atoms with E-state index >= 15 is 0 Å². The van der Waals surface area contributed by atoms with Crippen molar-refractivity contribution in [1.82, 2.24) is 31.5 Å². The molecule has 0 radical (unpaired) electrons. The lowest BCUT2D eigenvalue weighted by Crippen LogP contribution is -2.65. The van der Waals surface area contributed by atoms with Gasteiger partial charge in [0.25, 0.3) is 0 Å². The maximum Gasteiger partial charge on any atom is 0.234 e. The lowest BCUT2D eigenvalue weighted by molar-refractivity contribution is -0.366. The zero-order valence-electron chi connectivity index (χ0n) is 45.0. The average Bonchev–Trinajstić information content (AvgIpc) is 3.43. The predicted molar refractivity (Wildman–Crippen MR) is 274 cm³/mol. The first-order valence-electron chi connectivity index (χ1n) is 27.0. The molecule has 4 aliphatic rings. The van der Waals surface area contributed by atoms with E-state index in [2.05, 4.69) is 26.6 Å². The number of aliphatic hydroxyl groups excluding tert-OH is 13. The van der Waals surface area contributed by atoms with Gasteiger partial charge >= 0.3 is 0 Å². The molecule has 0 aromatic carbocycles. The summed E-state index contributed by atoms with van der Waals surface area (Å²) in [6, 6.07) is 0. The molecule has 4 rings (SSSR count). The van der Waals surface area contributed by atoms with Crippen molar-refractivity contribution >= 4 is 29.5 Å². The molecule has 18 N–H and O–H groups in total. The fourth-order valence-electron chi connectivity index (χ4n) is 8.90. The third kappa shape index (κ3) is 22.8. The zero-order chi connectivity index (χ0) is 59.1. The fraction of sp³-hybridized carbons (Fsp3) is 0.898. The molecule has 5 amide bonds. The molecule has 32 heteroatoms. The number of ether oxygens (including phenoxy) is 8. The highest BCUT2D eigenvalue weighted by atomic mass is 16.8. The highest BCUT2D eigenvalue weighted by Gasteiger charge is 2.52. The van der Waals surface area contributed by atoms with E-state index in [0.29, 0.717) is 51.5 Å². The first-order chi connectivity index (χ1) is 38.1. The molecule has 4 fully saturated rings. The molecule has 0 bridgehead atoms. The second-order valence-electron chi connectivity index (χ2n) is 19.9. The molecule has 32 nitrogen and oxygen atoms in total. The van der Waals surface area contributed by atoms with E-state index in [1.165, 1.54) is 11.8 Å². The minimum atomic E-state index is -1.97. The van der Waals surface area contributed by atoms with E-state index in [1.807, 2.05) is 6.92 Å². The van der Waals surface area contributed by atoms with Crippen molar-refractivity contribution in [3.63, 3.8) is 0 Å². The second-order valence-corrected chi connectivity index (χ2v) is 19.9. The van der Waals surface area contributed by atoms with Gasteiger partial charge in [-0.2, -0.15) is 0 Å². The van der Waals surface area contributed by atoms with Crippen LogP contribution in [-0.4, -0.2) is 309 Å². The lowest BCUT2D eigenvalue weighted by Gasteiger charge is -2.46. The summed E-state index contributed by atoms with van der Waals surface area (Å²) in [5, 5.41) is 147. The normalized spacial score (nSPS) is 34.2. The Bertz CT molecular complexity index is 1850. The number of nitrogens with one attached hydrogen (secondary N) is 5. The Labute approximate surface area is 469 Å². The van der Waals surface area contributed by atoms with Gasteiger partial charge in [0.1, 0.15) is 91.6 Å². The van der Waals surface area contributed by atoms with Gasteiger partial charge in [-0.3, -0.25) is 28.9 Å². The molecule has 81 heavy (non-hydrogen) atoms. The second kappa shape index (κ2) is 37.0. The highest BCUT2D eigenvalue weighted by molar-refractivity contribution is 5.84. The van der Waals surface area contributed by atoms with Gasteiger partial charge in [-0.1, -0.05) is 20.3 Å². The minimum absolute atomic E-state index is 0. The van der Waals surface area contributed by atoms with Crippen LogP contribution in [0, 0.1) is 0 Å². The monoisotopic (exact) mass is 1180 g/mol. The SMILES string of the molecule is C.CCNC(=O)CCCCCNC(=O)CN(CC(=O)NCCCCCC(=O)NCCO[C@@H]1O[C@@H](C)[C@@H](O)[C@@H](O)[C@@H]1O)CC(=O)NCCO[C@H]1O[C@H](CO[C@H]2O[C@H](CO)[C@@H](O)[C@H](O)[C@@H]2O)[C@@H](O)[C@H](O[C@H]2O[C@H](CO)[C@@H](O)[C@H](O)[C@@H]2O)[C@@H]1O. The Balaban J connectivity index is 0.0000172. The van der Waals surface area contributed by atoms with Gasteiger partial charge in [0.05, 0.1) is 58.8 Å². The van der Waals surface area contributed by atoms with Crippen molar-refractivity contribution in [3.05, 3.63) is 0 Å². The number of hydrogen-bond acceptors (Lipinski definition) is 27. The number of unbranched alkanes of at least 4 members (excludes halogenated alkanes) is 4. The van der Waals surface area contributed by atoms with E-state index in [1.54, 1.807) is 0 Å². The fourth-order valence-corrected chi connectivity index (χ4v) is 8.90. The number of carbonyl (C=O) groups is 5. The molecule has 0 aromatic heterocycles. The quantitative estimate of drug-likeness (QED) is 0.0266. The van der Waals surface area contributed by atoms with Gasteiger partial charge in [0, 0.05) is 45.6 Å². The summed E-state index contributed by atoms with van der Waals surface area (Å²) in [5.74, 6) is -2.03. The minimum Gasteiger partial charge on any atom is -0.394 e. The molecule has 0 spiro atoms. The first-order valence-corrected chi connectivity index (χ1v) is 27.0. The Kier molecular flexibility index (Phi) is 32.8. The van der Waals surface area contributed by atoms with Crippen LogP contribution in [0.2, 0.25) is 0 Å². The molecule has 0 unspecified atom stereocenters. The Morgan fingerprint density at radius 1 is 0.432 bits per heavy atom. The molecule has 4 heterocycles. The maximum absolute atomic E-state index is 13.3. The molecular weight excluding hydrogens is 1090 g/mol. The summed E-state index contributed by atoms with van der Waals surface area (Å²) < 4.78 is 44.3. The predicted octanol–water partition coefficient (Wildman–Crippen LogP) is -9.04. The summed E-state index contributed by atoms with van der Waals surface area (Å²) in [7, 11) is 0. The van der Waals surface area contributed by atoms with E-state index in [9.17, 15) is 90.4 Å². The van der Waals surface area contributed by atoms with Crippen LogP contribution in [0.3, 0.4) is 0 Å². The number of nitrogens with zero attached hydrogens (tertiary/aromatic N) is 1. The number of carbonyl (C=O) groups excluding carboxylic acids is 5. The van der Waals surface area contributed by atoms with E-state index in [-0.39, 0.29) is 71.5 Å². The van der Waals surface area contributed by atoms with Gasteiger partial charge in [0.2, 0.25) is 29.5 Å². The number of hydrogen-bond donors (Lipinski definition) is 18. The topological polar surface area (TPSA) is 486 Å². The van der Waals surface area contributed by atoms with Crippen LogP contribution < -0.4 is 26.6 Å². The zero-order valence-corrected chi connectivity index (χ0v) is 45.0. The molecule has 472 valence electrons. The van der Waals surface area contributed by atoms with Crippen molar-refractivity contribution < 1.29 is 128 Å². The van der Waals surface area contributed by atoms with E-state index < -0.39 is 174 Å². The van der Waals surface area contributed by atoms with Gasteiger partial charge in [-0.05, 0) is 39.5 Å². The van der Waals surface area contributed by atoms with Crippen molar-refractivity contribution in [2.24, 2.45) is 0 Å². The number of amides is 5. The summed E-state index contributed by atoms with van der Waals surface area (Å²) in [6.07, 6.45) is -28.7. The van der Waals surface area contributed by atoms with Crippen LogP contribution in [0.15, 0.2) is 0 Å². The third-order valence-corrected chi connectivity index (χ3v) is 13.6. The summed E-state index contributed by atoms with van der Waals surface area (Å²) in [6.45, 7) is 0.135. The molecule has 0 aromatic rings. The third-order valence-electron chi connectivity index (χ3n) is 13.6. The standard InChI is InChI=1S/C48H86N6O26.CH4/c1-3-49-28(57)10-6-4-8-12-50-30(59)18-54(19-31(60)51-13-9-5-7-11-29(58)52-14-16-73-45-40(69)37(66)33(62)24(2)76-45)20-32(61)53-15-17-74-47-43(72)44(80-48-42(71)39(68)35(64)26(22-56)78-48)36(65)27(79-47)23-75-46-41(70)38(67)34(63)25(21-55)77-46;/h24-27,33-48,55-56,62-72H,3-23H2,1-2H3,(H,49,57)(H,50,59)(H,51,60)(H,52,58)(H,53,61);1H4/t24-,25+,26+,27+,33+,34+,35+,36+,37+,38-,39-,40-,41-,42-,43-,44-,45+,46-,47-,48+;/m0./s1. The van der Waals surface area contributed by atoms with Crippen LogP contribution >= 0.6 is 0 Å². The van der Waals surface area contributed by atoms with Crippen LogP contribution in [0.5, 0.6) is 0 Å². The summed E-state index contributed by atoms with van der Waals surface area (Å²) in [5.41, 5.74) is 0. The van der Waals surface area contributed by atoms with Gasteiger partial charge < -0.3 is 131 Å². The molecule has 4 saturated heterocycles. The van der Waals surface area contributed by atoms with Crippen molar-refractivity contribution in [1.29, 1.82) is 0 Å². The molecule has 0 aliphatic carbocycles. The smallest absolute Gasteiger partial charge is 0.234 e.